The first-order valence-corrected chi connectivity index (χ1v) is 12.4. The van der Waals surface area contributed by atoms with Crippen LogP contribution in [0.25, 0.3) is 0 Å². The first kappa shape index (κ1) is 24.1. The van der Waals surface area contributed by atoms with Crippen molar-refractivity contribution in [3.05, 3.63) is 78.9 Å². The lowest BCUT2D eigenvalue weighted by atomic mass is 10.2. The van der Waals surface area contributed by atoms with Gasteiger partial charge >= 0.3 is 0 Å². The molecule has 1 atom stereocenters. The Balaban J connectivity index is 1.74. The highest BCUT2D eigenvalue weighted by atomic mass is 32.2. The van der Waals surface area contributed by atoms with Crippen molar-refractivity contribution in [1.29, 1.82) is 0 Å². The second kappa shape index (κ2) is 10.4. The molecular weight excluding hydrogens is 440 g/mol. The van der Waals surface area contributed by atoms with Crippen LogP contribution in [0.5, 0.6) is 17.2 Å². The summed E-state index contributed by atoms with van der Waals surface area (Å²) >= 11 is 0. The van der Waals surface area contributed by atoms with E-state index in [0.717, 1.165) is 10.6 Å². The normalized spacial score (nSPS) is 12.2. The fourth-order valence-electron chi connectivity index (χ4n) is 3.23. The van der Waals surface area contributed by atoms with Crippen molar-refractivity contribution in [3.8, 4) is 17.2 Å². The predicted octanol–water partition coefficient (Wildman–Crippen LogP) is 5.06. The number of hydrogen-bond donors (Lipinski definition) is 1. The summed E-state index contributed by atoms with van der Waals surface area (Å²) in [5.74, 6) is 1.45. The second-order valence-corrected chi connectivity index (χ2v) is 9.68. The summed E-state index contributed by atoms with van der Waals surface area (Å²) in [5, 5.41) is 2.76. The lowest BCUT2D eigenvalue weighted by Crippen LogP contribution is -2.45. The first-order valence-electron chi connectivity index (χ1n) is 10.5. The third-order valence-electron chi connectivity index (χ3n) is 4.65. The van der Waals surface area contributed by atoms with E-state index in [0.29, 0.717) is 28.6 Å². The van der Waals surface area contributed by atoms with Crippen LogP contribution in [0.15, 0.2) is 78.9 Å². The third kappa shape index (κ3) is 6.73. The number of benzene rings is 3. The summed E-state index contributed by atoms with van der Waals surface area (Å²) < 4.78 is 37.6. The Morgan fingerprint density at radius 1 is 0.818 bits per heavy atom. The molecule has 3 rings (SSSR count). The van der Waals surface area contributed by atoms with E-state index in [4.69, 9.17) is 9.47 Å². The van der Waals surface area contributed by atoms with Gasteiger partial charge in [-0.15, -0.1) is 0 Å². The van der Waals surface area contributed by atoms with Gasteiger partial charge in [-0.3, -0.25) is 9.10 Å². The average Bonchev–Trinajstić information content (AvgIpc) is 2.76. The third-order valence-corrected chi connectivity index (χ3v) is 5.89. The molecule has 0 aliphatic rings. The van der Waals surface area contributed by atoms with Gasteiger partial charge in [-0.05, 0) is 81.4 Å². The van der Waals surface area contributed by atoms with Crippen LogP contribution in [0.2, 0.25) is 0 Å². The van der Waals surface area contributed by atoms with Crippen LogP contribution in [-0.4, -0.2) is 32.7 Å². The van der Waals surface area contributed by atoms with Gasteiger partial charge in [0.05, 0.1) is 18.0 Å². The molecule has 0 aliphatic heterocycles. The minimum Gasteiger partial charge on any atom is -0.491 e. The molecule has 1 amide bonds. The molecule has 3 aromatic carbocycles. The Morgan fingerprint density at radius 3 is 1.91 bits per heavy atom. The van der Waals surface area contributed by atoms with Crippen LogP contribution < -0.4 is 19.1 Å². The van der Waals surface area contributed by atoms with Gasteiger partial charge in [0, 0.05) is 5.69 Å². The largest absolute Gasteiger partial charge is 0.491 e. The lowest BCUT2D eigenvalue weighted by Gasteiger charge is -2.28. The smallest absolute Gasteiger partial charge is 0.247 e. The first-order chi connectivity index (χ1) is 15.6. The van der Waals surface area contributed by atoms with E-state index in [1.165, 1.54) is 0 Å². The van der Waals surface area contributed by atoms with Gasteiger partial charge in [0.25, 0.3) is 0 Å². The van der Waals surface area contributed by atoms with Crippen LogP contribution in [0.4, 0.5) is 11.4 Å². The number of nitrogens with one attached hydrogen (secondary N) is 1. The van der Waals surface area contributed by atoms with Crippen molar-refractivity contribution in [2.75, 3.05) is 15.9 Å². The molecule has 0 radical (unpaired) electrons. The Morgan fingerprint density at radius 2 is 1.36 bits per heavy atom. The zero-order chi connectivity index (χ0) is 24.0. The molecule has 174 valence electrons. The average molecular weight is 469 g/mol. The molecule has 0 bridgehead atoms. The fourth-order valence-corrected chi connectivity index (χ4v) is 4.41. The Kier molecular flexibility index (Phi) is 7.60. The van der Waals surface area contributed by atoms with Gasteiger partial charge in [0.15, 0.2) is 0 Å². The number of carbonyl (C=O) groups excluding carboxylic acids is 1. The number of para-hydroxylation sites is 1. The fraction of sp³-hybridized carbons (Fsp3) is 0.240. The number of carbonyl (C=O) groups is 1. The quantitative estimate of drug-likeness (QED) is 0.475. The standard InChI is InChI=1S/C25H28N2O5S/c1-18(2)31-23-14-10-20(11-15-23)26-25(28)19(3)27(33(4,29)30)21-12-16-24(17-13-21)32-22-8-6-5-7-9-22/h5-19H,1-4H3,(H,26,28)/t19-/m0/s1. The number of hydrogen-bond acceptors (Lipinski definition) is 5. The Bertz CT molecular complexity index is 1160. The van der Waals surface area contributed by atoms with E-state index >= 15 is 0 Å². The molecule has 8 heteroatoms. The van der Waals surface area contributed by atoms with Crippen molar-refractivity contribution in [1.82, 2.24) is 0 Å². The highest BCUT2D eigenvalue weighted by Crippen LogP contribution is 2.27. The Labute approximate surface area is 195 Å². The maximum absolute atomic E-state index is 12.9. The van der Waals surface area contributed by atoms with Crippen molar-refractivity contribution < 1.29 is 22.7 Å². The zero-order valence-corrected chi connectivity index (χ0v) is 19.9. The molecule has 0 saturated carbocycles. The van der Waals surface area contributed by atoms with Crippen molar-refractivity contribution in [2.45, 2.75) is 32.9 Å². The summed E-state index contributed by atoms with van der Waals surface area (Å²) in [7, 11) is -3.73. The highest BCUT2D eigenvalue weighted by molar-refractivity contribution is 7.92. The van der Waals surface area contributed by atoms with Gasteiger partial charge in [0.1, 0.15) is 23.3 Å². The van der Waals surface area contributed by atoms with Gasteiger partial charge in [0.2, 0.25) is 15.9 Å². The summed E-state index contributed by atoms with van der Waals surface area (Å²) in [6.45, 7) is 5.40. The maximum Gasteiger partial charge on any atom is 0.247 e. The molecule has 3 aromatic rings. The molecular formula is C25H28N2O5S. The van der Waals surface area contributed by atoms with E-state index in [1.54, 1.807) is 55.5 Å². The van der Waals surface area contributed by atoms with E-state index in [1.807, 2.05) is 44.2 Å². The van der Waals surface area contributed by atoms with Crippen molar-refractivity contribution >= 4 is 27.3 Å². The topological polar surface area (TPSA) is 84.9 Å². The minimum atomic E-state index is -3.73. The molecule has 1 N–H and O–H groups in total. The van der Waals surface area contributed by atoms with Crippen LogP contribution >= 0.6 is 0 Å². The monoisotopic (exact) mass is 468 g/mol. The Hall–Kier alpha value is -3.52. The zero-order valence-electron chi connectivity index (χ0n) is 19.1. The van der Waals surface area contributed by atoms with Gasteiger partial charge in [-0.1, -0.05) is 18.2 Å². The van der Waals surface area contributed by atoms with Crippen LogP contribution in [-0.2, 0) is 14.8 Å². The number of rotatable bonds is 9. The summed E-state index contributed by atoms with van der Waals surface area (Å²) in [5.41, 5.74) is 0.907. The van der Waals surface area contributed by atoms with Crippen LogP contribution in [0, 0.1) is 0 Å². The maximum atomic E-state index is 12.9. The molecule has 0 saturated heterocycles. The molecule has 7 nitrogen and oxygen atoms in total. The van der Waals surface area contributed by atoms with Gasteiger partial charge < -0.3 is 14.8 Å². The molecule has 0 aromatic heterocycles. The molecule has 0 spiro atoms. The molecule has 0 heterocycles. The number of anilines is 2. The van der Waals surface area contributed by atoms with Crippen LogP contribution in [0.1, 0.15) is 20.8 Å². The summed E-state index contributed by atoms with van der Waals surface area (Å²) in [6.07, 6.45) is 1.11. The minimum absolute atomic E-state index is 0.0401. The predicted molar refractivity (Wildman–Crippen MR) is 131 cm³/mol. The molecule has 0 fully saturated rings. The van der Waals surface area contributed by atoms with E-state index in [9.17, 15) is 13.2 Å². The number of sulfonamides is 1. The van der Waals surface area contributed by atoms with Crippen LogP contribution in [0.3, 0.4) is 0 Å². The van der Waals surface area contributed by atoms with E-state index in [2.05, 4.69) is 5.32 Å². The molecule has 0 aliphatic carbocycles. The van der Waals surface area contributed by atoms with Gasteiger partial charge in [-0.2, -0.15) is 0 Å². The molecule has 0 unspecified atom stereocenters. The highest BCUT2D eigenvalue weighted by Gasteiger charge is 2.29. The van der Waals surface area contributed by atoms with Gasteiger partial charge in [-0.25, -0.2) is 8.42 Å². The number of ether oxygens (including phenoxy) is 2. The van der Waals surface area contributed by atoms with E-state index < -0.39 is 22.0 Å². The number of nitrogens with zero attached hydrogens (tertiary/aromatic N) is 1. The summed E-state index contributed by atoms with van der Waals surface area (Å²) in [6, 6.07) is 21.8. The summed E-state index contributed by atoms with van der Waals surface area (Å²) in [4.78, 5) is 12.9. The van der Waals surface area contributed by atoms with Crippen molar-refractivity contribution in [3.63, 3.8) is 0 Å². The second-order valence-electron chi connectivity index (χ2n) is 7.82. The number of amides is 1. The lowest BCUT2D eigenvalue weighted by molar-refractivity contribution is -0.116. The van der Waals surface area contributed by atoms with Crippen molar-refractivity contribution in [2.24, 2.45) is 0 Å². The van der Waals surface area contributed by atoms with E-state index in [-0.39, 0.29) is 6.10 Å². The molecule has 33 heavy (non-hydrogen) atoms. The SMILES string of the molecule is CC(C)Oc1ccc(NC(=O)[C@H](C)N(c2ccc(Oc3ccccc3)cc2)S(C)(=O)=O)cc1.